The van der Waals surface area contributed by atoms with Gasteiger partial charge in [0.1, 0.15) is 5.75 Å². The molecular formula is C20H23N3O3S. The molecule has 2 rings (SSSR count). The molecule has 142 valence electrons. The van der Waals surface area contributed by atoms with Gasteiger partial charge in [-0.25, -0.2) is 5.43 Å². The Balaban J connectivity index is 1.78. The predicted octanol–water partition coefficient (Wildman–Crippen LogP) is 3.43. The molecule has 0 atom stereocenters. The summed E-state index contributed by atoms with van der Waals surface area (Å²) in [5.74, 6) is 1.61. The molecule has 0 bridgehead atoms. The van der Waals surface area contributed by atoms with E-state index < -0.39 is 0 Å². The van der Waals surface area contributed by atoms with Crippen LogP contribution in [-0.2, 0) is 15.3 Å². The molecule has 2 aromatic carbocycles. The van der Waals surface area contributed by atoms with Crippen molar-refractivity contribution < 1.29 is 14.3 Å². The number of carbonyl (C=O) groups excluding carboxylic acids is 2. The maximum Gasteiger partial charge on any atom is 0.250 e. The number of ether oxygens (including phenoxy) is 1. The molecule has 0 aliphatic rings. The summed E-state index contributed by atoms with van der Waals surface area (Å²) >= 11 is 1.52. The van der Waals surface area contributed by atoms with Crippen LogP contribution in [0.3, 0.4) is 0 Å². The number of carbonyl (C=O) groups is 2. The van der Waals surface area contributed by atoms with Crippen molar-refractivity contribution in [3.63, 3.8) is 0 Å². The number of nitrogens with zero attached hydrogens (tertiary/aromatic N) is 1. The zero-order valence-electron chi connectivity index (χ0n) is 15.6. The highest BCUT2D eigenvalue weighted by molar-refractivity contribution is 7.99. The zero-order valence-corrected chi connectivity index (χ0v) is 16.4. The van der Waals surface area contributed by atoms with Crippen molar-refractivity contribution in [1.29, 1.82) is 0 Å². The minimum atomic E-state index is -0.150. The Morgan fingerprint density at radius 3 is 2.30 bits per heavy atom. The van der Waals surface area contributed by atoms with E-state index in [4.69, 9.17) is 4.74 Å². The average molecular weight is 385 g/mol. The minimum Gasteiger partial charge on any atom is -0.497 e. The molecule has 0 saturated carbocycles. The number of hydrogen-bond acceptors (Lipinski definition) is 5. The topological polar surface area (TPSA) is 79.8 Å². The number of benzene rings is 2. The number of thioether (sulfide) groups is 1. The van der Waals surface area contributed by atoms with Crippen LogP contribution >= 0.6 is 11.8 Å². The normalized spacial score (nSPS) is 11.0. The molecule has 2 N–H and O–H groups in total. The lowest BCUT2D eigenvalue weighted by atomic mass is 10.1. The number of hydrazone groups is 1. The van der Waals surface area contributed by atoms with Crippen LogP contribution in [0.4, 0.5) is 5.69 Å². The van der Waals surface area contributed by atoms with Crippen molar-refractivity contribution in [1.82, 2.24) is 5.43 Å². The van der Waals surface area contributed by atoms with Crippen molar-refractivity contribution >= 4 is 35.0 Å². The second kappa shape index (κ2) is 10.4. The number of anilines is 1. The van der Waals surface area contributed by atoms with E-state index in [1.54, 1.807) is 19.2 Å². The Kier molecular flexibility index (Phi) is 7.88. The standard InChI is InChI=1S/C20H23N3O3S/c1-14(17-6-8-18(9-7-17)21-15(2)24)22-23-20(25)13-27-12-16-4-10-19(26-3)11-5-16/h4-11H,12-13H2,1-3H3,(H,21,24)(H,23,25)/b22-14-. The summed E-state index contributed by atoms with van der Waals surface area (Å²) in [6.07, 6.45) is 0. The molecule has 0 aliphatic carbocycles. The summed E-state index contributed by atoms with van der Waals surface area (Å²) in [5.41, 5.74) is 5.99. The summed E-state index contributed by atoms with van der Waals surface area (Å²) in [4.78, 5) is 23.0. The van der Waals surface area contributed by atoms with Crippen LogP contribution in [0.1, 0.15) is 25.0 Å². The summed E-state index contributed by atoms with van der Waals surface area (Å²) in [6.45, 7) is 3.28. The first-order chi connectivity index (χ1) is 13.0. The molecular weight excluding hydrogens is 362 g/mol. The fraction of sp³-hybridized carbons (Fsp3) is 0.250. The second-order valence-electron chi connectivity index (χ2n) is 5.83. The van der Waals surface area contributed by atoms with Crippen molar-refractivity contribution in [2.75, 3.05) is 18.2 Å². The molecule has 2 amide bonds. The van der Waals surface area contributed by atoms with E-state index in [0.717, 1.165) is 28.3 Å². The van der Waals surface area contributed by atoms with Gasteiger partial charge in [-0.1, -0.05) is 24.3 Å². The van der Waals surface area contributed by atoms with E-state index in [2.05, 4.69) is 15.8 Å². The van der Waals surface area contributed by atoms with Gasteiger partial charge in [-0.2, -0.15) is 5.10 Å². The van der Waals surface area contributed by atoms with Crippen LogP contribution in [0, 0.1) is 0 Å². The van der Waals surface area contributed by atoms with E-state index in [1.807, 2.05) is 43.3 Å². The highest BCUT2D eigenvalue weighted by Crippen LogP contribution is 2.16. The quantitative estimate of drug-likeness (QED) is 0.539. The molecule has 2 aromatic rings. The largest absolute Gasteiger partial charge is 0.497 e. The van der Waals surface area contributed by atoms with Crippen LogP contribution in [0.2, 0.25) is 0 Å². The highest BCUT2D eigenvalue weighted by Gasteiger charge is 2.03. The number of hydrogen-bond donors (Lipinski definition) is 2. The molecule has 0 unspecified atom stereocenters. The number of nitrogens with one attached hydrogen (secondary N) is 2. The molecule has 27 heavy (non-hydrogen) atoms. The summed E-state index contributed by atoms with van der Waals surface area (Å²) in [5, 5.41) is 6.84. The first kappa shape index (κ1) is 20.5. The van der Waals surface area contributed by atoms with Crippen LogP contribution in [0.25, 0.3) is 0 Å². The Bertz CT molecular complexity index is 802. The third-order valence-electron chi connectivity index (χ3n) is 3.63. The number of amides is 2. The Labute approximate surface area is 163 Å². The van der Waals surface area contributed by atoms with E-state index in [0.29, 0.717) is 11.5 Å². The Hall–Kier alpha value is -2.80. The number of methoxy groups -OCH3 is 1. The number of rotatable bonds is 8. The van der Waals surface area contributed by atoms with Crippen molar-refractivity contribution in [2.24, 2.45) is 5.10 Å². The Morgan fingerprint density at radius 2 is 1.70 bits per heavy atom. The average Bonchev–Trinajstić information content (AvgIpc) is 2.67. The fourth-order valence-corrected chi connectivity index (χ4v) is 3.00. The SMILES string of the molecule is COc1ccc(CSCC(=O)N/N=C(/C)c2ccc(NC(C)=O)cc2)cc1. The van der Waals surface area contributed by atoms with Gasteiger partial charge in [0.05, 0.1) is 18.6 Å². The molecule has 7 heteroatoms. The zero-order chi connectivity index (χ0) is 19.6. The lowest BCUT2D eigenvalue weighted by molar-refractivity contribution is -0.118. The maximum atomic E-state index is 11.9. The smallest absolute Gasteiger partial charge is 0.250 e. The van der Waals surface area contributed by atoms with E-state index in [9.17, 15) is 9.59 Å². The van der Waals surface area contributed by atoms with Crippen molar-refractivity contribution in [3.8, 4) is 5.75 Å². The lowest BCUT2D eigenvalue weighted by Gasteiger charge is -2.06. The minimum absolute atomic E-state index is 0.118. The van der Waals surface area contributed by atoms with Gasteiger partial charge in [-0.3, -0.25) is 9.59 Å². The maximum absolute atomic E-state index is 11.9. The van der Waals surface area contributed by atoms with Gasteiger partial charge >= 0.3 is 0 Å². The molecule has 0 heterocycles. The first-order valence-electron chi connectivity index (χ1n) is 8.40. The summed E-state index contributed by atoms with van der Waals surface area (Å²) < 4.78 is 5.12. The van der Waals surface area contributed by atoms with Crippen LogP contribution < -0.4 is 15.5 Å². The molecule has 0 aromatic heterocycles. The molecule has 0 radical (unpaired) electrons. The Morgan fingerprint density at radius 1 is 1.04 bits per heavy atom. The van der Waals surface area contributed by atoms with Gasteiger partial charge < -0.3 is 10.1 Å². The van der Waals surface area contributed by atoms with E-state index in [-0.39, 0.29) is 11.8 Å². The van der Waals surface area contributed by atoms with Crippen LogP contribution in [0.5, 0.6) is 5.75 Å². The fourth-order valence-electron chi connectivity index (χ4n) is 2.22. The van der Waals surface area contributed by atoms with Gasteiger partial charge in [-0.15, -0.1) is 11.8 Å². The van der Waals surface area contributed by atoms with Gasteiger partial charge in [0.15, 0.2) is 0 Å². The van der Waals surface area contributed by atoms with Gasteiger partial charge in [-0.05, 0) is 42.3 Å². The van der Waals surface area contributed by atoms with Gasteiger partial charge in [0.2, 0.25) is 11.8 Å². The molecule has 0 saturated heterocycles. The highest BCUT2D eigenvalue weighted by atomic mass is 32.2. The second-order valence-corrected chi connectivity index (χ2v) is 6.82. The van der Waals surface area contributed by atoms with Crippen LogP contribution in [-0.4, -0.2) is 30.4 Å². The van der Waals surface area contributed by atoms with E-state index in [1.165, 1.54) is 18.7 Å². The van der Waals surface area contributed by atoms with Gasteiger partial charge in [0, 0.05) is 18.4 Å². The molecule has 6 nitrogen and oxygen atoms in total. The molecule has 0 aliphatic heterocycles. The summed E-state index contributed by atoms with van der Waals surface area (Å²) in [7, 11) is 1.63. The lowest BCUT2D eigenvalue weighted by Crippen LogP contribution is -2.21. The van der Waals surface area contributed by atoms with E-state index >= 15 is 0 Å². The molecule has 0 fully saturated rings. The summed E-state index contributed by atoms with van der Waals surface area (Å²) in [6, 6.07) is 15.0. The monoisotopic (exact) mass is 385 g/mol. The third-order valence-corrected chi connectivity index (χ3v) is 4.64. The molecule has 0 spiro atoms. The van der Waals surface area contributed by atoms with Crippen molar-refractivity contribution in [2.45, 2.75) is 19.6 Å². The van der Waals surface area contributed by atoms with Gasteiger partial charge in [0.25, 0.3) is 0 Å². The predicted molar refractivity (Wildman–Crippen MR) is 110 cm³/mol. The van der Waals surface area contributed by atoms with Crippen LogP contribution in [0.15, 0.2) is 53.6 Å². The van der Waals surface area contributed by atoms with Crippen molar-refractivity contribution in [3.05, 3.63) is 59.7 Å². The third kappa shape index (κ3) is 7.15. The first-order valence-corrected chi connectivity index (χ1v) is 9.55.